The number of phenols is 1. The van der Waals surface area contributed by atoms with Gasteiger partial charge in [-0.2, -0.15) is 0 Å². The van der Waals surface area contributed by atoms with Crippen LogP contribution in [0.5, 0.6) is 5.75 Å². The molecular weight excluding hydrogens is 212 g/mol. The van der Waals surface area contributed by atoms with Crippen LogP contribution in [-0.4, -0.2) is 22.7 Å². The van der Waals surface area contributed by atoms with E-state index in [1.165, 1.54) is 18.4 Å². The monoisotopic (exact) mass is 230 g/mol. The molecule has 3 rings (SSSR count). The highest BCUT2D eigenvalue weighted by Gasteiger charge is 2.24. The van der Waals surface area contributed by atoms with Gasteiger partial charge in [-0.1, -0.05) is 6.92 Å². The number of H-pyrrole nitrogens is 1. The largest absolute Gasteiger partial charge is 0.508 e. The lowest BCUT2D eigenvalue weighted by Crippen LogP contribution is -2.27. The maximum Gasteiger partial charge on any atom is 0.116 e. The predicted molar refractivity (Wildman–Crippen MR) is 69.4 cm³/mol. The summed E-state index contributed by atoms with van der Waals surface area (Å²) in [6.45, 7) is 3.39. The molecule has 2 unspecified atom stereocenters. The Kier molecular flexibility index (Phi) is 2.56. The molecule has 3 nitrogen and oxygen atoms in total. The van der Waals surface area contributed by atoms with Crippen LogP contribution in [0.25, 0.3) is 10.9 Å². The highest BCUT2D eigenvalue weighted by Crippen LogP contribution is 2.32. The van der Waals surface area contributed by atoms with Gasteiger partial charge in [-0.15, -0.1) is 0 Å². The first-order valence-electron chi connectivity index (χ1n) is 6.29. The lowest BCUT2D eigenvalue weighted by Gasteiger charge is -2.18. The third-order valence-corrected chi connectivity index (χ3v) is 3.89. The van der Waals surface area contributed by atoms with Crippen LogP contribution in [0.15, 0.2) is 24.4 Å². The molecule has 0 saturated carbocycles. The van der Waals surface area contributed by atoms with Gasteiger partial charge in [-0.25, -0.2) is 0 Å². The van der Waals surface area contributed by atoms with Crippen LogP contribution in [0.1, 0.15) is 31.2 Å². The predicted octanol–water partition coefficient (Wildman–Crippen LogP) is 2.73. The molecule has 1 saturated heterocycles. The Morgan fingerprint density at radius 2 is 2.29 bits per heavy atom. The molecule has 0 bridgehead atoms. The molecule has 3 N–H and O–H groups in total. The topological polar surface area (TPSA) is 48.0 Å². The number of aromatic nitrogens is 1. The van der Waals surface area contributed by atoms with E-state index < -0.39 is 0 Å². The summed E-state index contributed by atoms with van der Waals surface area (Å²) in [7, 11) is 0. The summed E-state index contributed by atoms with van der Waals surface area (Å²) in [6, 6.07) is 6.08. The summed E-state index contributed by atoms with van der Waals surface area (Å²) in [5, 5.41) is 14.3. The molecule has 90 valence electrons. The van der Waals surface area contributed by atoms with Gasteiger partial charge in [0, 0.05) is 23.1 Å². The molecule has 0 spiro atoms. The van der Waals surface area contributed by atoms with Crippen LogP contribution >= 0.6 is 0 Å². The van der Waals surface area contributed by atoms with Crippen molar-refractivity contribution in [3.8, 4) is 5.75 Å². The molecule has 2 atom stereocenters. The van der Waals surface area contributed by atoms with Crippen LogP contribution in [-0.2, 0) is 0 Å². The fourth-order valence-electron chi connectivity index (χ4n) is 2.86. The highest BCUT2D eigenvalue weighted by atomic mass is 16.3. The zero-order valence-electron chi connectivity index (χ0n) is 10.0. The number of aromatic amines is 1. The Morgan fingerprint density at radius 3 is 3.06 bits per heavy atom. The van der Waals surface area contributed by atoms with Crippen molar-refractivity contribution in [3.05, 3.63) is 30.0 Å². The summed E-state index contributed by atoms with van der Waals surface area (Å²) in [5.74, 6) is 0.818. The van der Waals surface area contributed by atoms with Crippen molar-refractivity contribution >= 4 is 10.9 Å². The number of fused-ring (bicyclic) bond motifs is 1. The average molecular weight is 230 g/mol. The number of phenolic OH excluding ortho intramolecular Hbond substituents is 1. The van der Waals surface area contributed by atoms with Gasteiger partial charge < -0.3 is 15.4 Å². The van der Waals surface area contributed by atoms with E-state index in [4.69, 9.17) is 0 Å². The van der Waals surface area contributed by atoms with Crippen LogP contribution in [0, 0.1) is 0 Å². The Labute approximate surface area is 101 Å². The van der Waals surface area contributed by atoms with E-state index in [2.05, 4.69) is 23.4 Å². The summed E-state index contributed by atoms with van der Waals surface area (Å²) < 4.78 is 0. The van der Waals surface area contributed by atoms with Gasteiger partial charge in [0.25, 0.3) is 0 Å². The quantitative estimate of drug-likeness (QED) is 0.743. The summed E-state index contributed by atoms with van der Waals surface area (Å²) >= 11 is 0. The minimum absolute atomic E-state index is 0.338. The Morgan fingerprint density at radius 1 is 1.41 bits per heavy atom. The second kappa shape index (κ2) is 4.08. The Hall–Kier alpha value is -1.48. The molecule has 1 fully saturated rings. The van der Waals surface area contributed by atoms with E-state index >= 15 is 0 Å². The third-order valence-electron chi connectivity index (χ3n) is 3.89. The van der Waals surface area contributed by atoms with E-state index in [9.17, 15) is 5.11 Å². The number of aromatic hydroxyl groups is 1. The molecule has 2 heterocycles. The molecular formula is C14H18N2O. The maximum atomic E-state index is 9.59. The Bertz CT molecular complexity index is 526. The molecule has 0 radical (unpaired) electrons. The maximum absolute atomic E-state index is 9.59. The number of rotatable bonds is 2. The summed E-state index contributed by atoms with van der Waals surface area (Å²) in [6.07, 6.45) is 4.59. The number of hydrogen-bond acceptors (Lipinski definition) is 2. The van der Waals surface area contributed by atoms with Crippen molar-refractivity contribution < 1.29 is 5.11 Å². The standard InChI is InChI=1S/C14H18N2O/c1-9(13-3-2-6-15-13)12-8-16-14-5-4-10(17)7-11(12)14/h4-5,7-9,13,15-17H,2-3,6H2,1H3. The fraction of sp³-hybridized carbons (Fsp3) is 0.429. The van der Waals surface area contributed by atoms with E-state index in [1.54, 1.807) is 6.07 Å². The smallest absolute Gasteiger partial charge is 0.116 e. The first kappa shape index (κ1) is 10.7. The van der Waals surface area contributed by atoms with Gasteiger partial charge in [0.15, 0.2) is 0 Å². The molecule has 2 aromatic rings. The zero-order chi connectivity index (χ0) is 11.8. The highest BCUT2D eigenvalue weighted by molar-refractivity contribution is 5.85. The number of nitrogens with one attached hydrogen (secondary N) is 2. The van der Waals surface area contributed by atoms with Crippen LogP contribution in [0.3, 0.4) is 0 Å². The van der Waals surface area contributed by atoms with Crippen molar-refractivity contribution in [2.24, 2.45) is 0 Å². The van der Waals surface area contributed by atoms with E-state index in [0.29, 0.717) is 17.7 Å². The van der Waals surface area contributed by atoms with E-state index in [-0.39, 0.29) is 0 Å². The first-order valence-corrected chi connectivity index (χ1v) is 6.29. The van der Waals surface area contributed by atoms with Crippen molar-refractivity contribution in [2.45, 2.75) is 31.7 Å². The van der Waals surface area contributed by atoms with Crippen molar-refractivity contribution in [2.75, 3.05) is 6.54 Å². The SMILES string of the molecule is CC(c1c[nH]c2ccc(O)cc12)C1CCCN1. The molecule has 17 heavy (non-hydrogen) atoms. The normalized spacial score (nSPS) is 22.1. The number of hydrogen-bond donors (Lipinski definition) is 3. The second-order valence-electron chi connectivity index (χ2n) is 4.97. The molecule has 1 aliphatic rings. The van der Waals surface area contributed by atoms with Crippen molar-refractivity contribution in [1.82, 2.24) is 10.3 Å². The van der Waals surface area contributed by atoms with Crippen molar-refractivity contribution in [1.29, 1.82) is 0 Å². The van der Waals surface area contributed by atoms with Gasteiger partial charge >= 0.3 is 0 Å². The first-order chi connectivity index (χ1) is 8.25. The zero-order valence-corrected chi connectivity index (χ0v) is 10.0. The third kappa shape index (κ3) is 1.80. The molecule has 0 amide bonds. The van der Waals surface area contributed by atoms with Crippen LogP contribution in [0.4, 0.5) is 0 Å². The summed E-state index contributed by atoms with van der Waals surface area (Å²) in [4.78, 5) is 3.28. The van der Waals surface area contributed by atoms with E-state index in [0.717, 1.165) is 17.4 Å². The minimum Gasteiger partial charge on any atom is -0.508 e. The van der Waals surface area contributed by atoms with Crippen LogP contribution in [0.2, 0.25) is 0 Å². The molecule has 3 heteroatoms. The minimum atomic E-state index is 0.338. The van der Waals surface area contributed by atoms with Gasteiger partial charge in [0.1, 0.15) is 5.75 Å². The fourth-order valence-corrected chi connectivity index (χ4v) is 2.86. The van der Waals surface area contributed by atoms with Gasteiger partial charge in [-0.05, 0) is 49.1 Å². The van der Waals surface area contributed by atoms with Crippen LogP contribution < -0.4 is 5.32 Å². The molecule has 1 aromatic heterocycles. The van der Waals surface area contributed by atoms with Gasteiger partial charge in [0.2, 0.25) is 0 Å². The lowest BCUT2D eigenvalue weighted by molar-refractivity contribution is 0.476. The Balaban J connectivity index is 2.01. The average Bonchev–Trinajstić information content (AvgIpc) is 2.97. The summed E-state index contributed by atoms with van der Waals surface area (Å²) in [5.41, 5.74) is 2.40. The molecule has 1 aromatic carbocycles. The van der Waals surface area contributed by atoms with Gasteiger partial charge in [0.05, 0.1) is 0 Å². The molecule has 1 aliphatic heterocycles. The lowest BCUT2D eigenvalue weighted by atomic mass is 9.92. The molecule has 0 aliphatic carbocycles. The van der Waals surface area contributed by atoms with E-state index in [1.807, 2.05) is 12.1 Å². The van der Waals surface area contributed by atoms with Gasteiger partial charge in [-0.3, -0.25) is 0 Å². The number of benzene rings is 1. The van der Waals surface area contributed by atoms with Crippen molar-refractivity contribution in [3.63, 3.8) is 0 Å². The second-order valence-corrected chi connectivity index (χ2v) is 4.97.